The van der Waals surface area contributed by atoms with Crippen molar-refractivity contribution in [2.24, 2.45) is 0 Å². The van der Waals surface area contributed by atoms with Crippen LogP contribution in [0, 0.1) is 6.92 Å². The van der Waals surface area contributed by atoms with E-state index in [1.165, 1.54) is 18.4 Å². The number of urea groups is 1. The highest BCUT2D eigenvalue weighted by atomic mass is 16.2. The molecule has 1 aromatic heterocycles. The van der Waals surface area contributed by atoms with Gasteiger partial charge in [-0.1, -0.05) is 43.2 Å². The van der Waals surface area contributed by atoms with E-state index in [4.69, 9.17) is 0 Å². The Balaban J connectivity index is 1.60. The summed E-state index contributed by atoms with van der Waals surface area (Å²) in [5.74, 6) is 0.601. The van der Waals surface area contributed by atoms with Crippen molar-refractivity contribution in [3.63, 3.8) is 0 Å². The second-order valence-corrected chi connectivity index (χ2v) is 5.89. The van der Waals surface area contributed by atoms with E-state index in [9.17, 15) is 4.79 Å². The molecule has 0 bridgehead atoms. The Labute approximate surface area is 130 Å². The molecule has 1 saturated carbocycles. The molecule has 22 heavy (non-hydrogen) atoms. The maximum Gasteiger partial charge on any atom is 0.320 e. The SMILES string of the molecule is Cc1cc(NC(=O)NC2CCCC2)nn1Cc1ccccc1. The maximum absolute atomic E-state index is 12.0. The van der Waals surface area contributed by atoms with Gasteiger partial charge < -0.3 is 5.32 Å². The minimum atomic E-state index is -0.156. The third kappa shape index (κ3) is 3.67. The van der Waals surface area contributed by atoms with Gasteiger partial charge in [0, 0.05) is 17.8 Å². The highest BCUT2D eigenvalue weighted by molar-refractivity contribution is 5.88. The molecule has 0 spiro atoms. The van der Waals surface area contributed by atoms with Crippen molar-refractivity contribution in [2.45, 2.75) is 45.2 Å². The Morgan fingerprint density at radius 2 is 2.00 bits per heavy atom. The molecule has 116 valence electrons. The van der Waals surface area contributed by atoms with Crippen LogP contribution in [-0.4, -0.2) is 21.9 Å². The molecule has 2 N–H and O–H groups in total. The summed E-state index contributed by atoms with van der Waals surface area (Å²) in [6, 6.07) is 12.2. The molecule has 2 aromatic rings. The van der Waals surface area contributed by atoms with E-state index in [-0.39, 0.29) is 6.03 Å². The third-order valence-corrected chi connectivity index (χ3v) is 4.09. The van der Waals surface area contributed by atoms with E-state index in [1.54, 1.807) is 0 Å². The van der Waals surface area contributed by atoms with Gasteiger partial charge in [-0.25, -0.2) is 4.79 Å². The summed E-state index contributed by atoms with van der Waals surface area (Å²) in [4.78, 5) is 12.0. The summed E-state index contributed by atoms with van der Waals surface area (Å²) in [7, 11) is 0. The molecule has 5 heteroatoms. The molecule has 2 amide bonds. The van der Waals surface area contributed by atoms with Gasteiger partial charge in [-0.05, 0) is 25.3 Å². The van der Waals surface area contributed by atoms with Crippen LogP contribution in [0.2, 0.25) is 0 Å². The molecule has 1 aliphatic carbocycles. The van der Waals surface area contributed by atoms with Crippen LogP contribution in [0.25, 0.3) is 0 Å². The first-order chi connectivity index (χ1) is 10.7. The topological polar surface area (TPSA) is 59.0 Å². The van der Waals surface area contributed by atoms with E-state index in [1.807, 2.05) is 35.9 Å². The number of nitrogens with one attached hydrogen (secondary N) is 2. The van der Waals surface area contributed by atoms with E-state index in [0.717, 1.165) is 18.5 Å². The highest BCUT2D eigenvalue weighted by Crippen LogP contribution is 2.18. The maximum atomic E-state index is 12.0. The molecule has 1 aromatic carbocycles. The first-order valence-corrected chi connectivity index (χ1v) is 7.86. The number of benzene rings is 1. The molecule has 1 aliphatic rings. The Kier molecular flexibility index (Phi) is 4.42. The van der Waals surface area contributed by atoms with Crippen molar-refractivity contribution >= 4 is 11.8 Å². The number of rotatable bonds is 4. The summed E-state index contributed by atoms with van der Waals surface area (Å²) < 4.78 is 1.90. The number of hydrogen-bond donors (Lipinski definition) is 2. The molecule has 0 saturated heterocycles. The molecule has 0 unspecified atom stereocenters. The van der Waals surface area contributed by atoms with E-state index in [0.29, 0.717) is 18.4 Å². The molecular weight excluding hydrogens is 276 g/mol. The number of anilines is 1. The number of aryl methyl sites for hydroxylation is 1. The average molecular weight is 298 g/mol. The van der Waals surface area contributed by atoms with E-state index >= 15 is 0 Å². The van der Waals surface area contributed by atoms with Crippen molar-refractivity contribution in [3.8, 4) is 0 Å². The van der Waals surface area contributed by atoms with Crippen LogP contribution in [0.4, 0.5) is 10.6 Å². The van der Waals surface area contributed by atoms with Gasteiger partial charge in [0.1, 0.15) is 0 Å². The Morgan fingerprint density at radius 1 is 1.27 bits per heavy atom. The van der Waals surface area contributed by atoms with Gasteiger partial charge in [-0.15, -0.1) is 0 Å². The fraction of sp³-hybridized carbons (Fsp3) is 0.412. The zero-order valence-corrected chi connectivity index (χ0v) is 12.9. The zero-order valence-electron chi connectivity index (χ0n) is 12.9. The monoisotopic (exact) mass is 298 g/mol. The lowest BCUT2D eigenvalue weighted by molar-refractivity contribution is 0.248. The van der Waals surface area contributed by atoms with Gasteiger partial charge in [0.15, 0.2) is 5.82 Å². The third-order valence-electron chi connectivity index (χ3n) is 4.09. The first kappa shape index (κ1) is 14.6. The van der Waals surface area contributed by atoms with Crippen LogP contribution in [0.1, 0.15) is 36.9 Å². The number of aromatic nitrogens is 2. The lowest BCUT2D eigenvalue weighted by Gasteiger charge is -2.11. The van der Waals surface area contributed by atoms with Crippen LogP contribution in [0.5, 0.6) is 0 Å². The number of amides is 2. The predicted octanol–water partition coefficient (Wildman–Crippen LogP) is 3.30. The van der Waals surface area contributed by atoms with Crippen LogP contribution in [0.15, 0.2) is 36.4 Å². The summed E-state index contributed by atoms with van der Waals surface area (Å²) >= 11 is 0. The molecule has 0 radical (unpaired) electrons. The molecule has 1 heterocycles. The van der Waals surface area contributed by atoms with Crippen molar-refractivity contribution in [1.29, 1.82) is 0 Å². The van der Waals surface area contributed by atoms with Crippen molar-refractivity contribution in [3.05, 3.63) is 47.7 Å². The van der Waals surface area contributed by atoms with Gasteiger partial charge in [0.2, 0.25) is 0 Å². The number of hydrogen-bond acceptors (Lipinski definition) is 2. The Morgan fingerprint density at radius 3 is 2.73 bits per heavy atom. The largest absolute Gasteiger partial charge is 0.335 e. The minimum Gasteiger partial charge on any atom is -0.335 e. The molecule has 5 nitrogen and oxygen atoms in total. The fourth-order valence-electron chi connectivity index (χ4n) is 2.90. The van der Waals surface area contributed by atoms with Gasteiger partial charge >= 0.3 is 6.03 Å². The van der Waals surface area contributed by atoms with Crippen molar-refractivity contribution < 1.29 is 4.79 Å². The molecular formula is C17H22N4O. The average Bonchev–Trinajstić information content (AvgIpc) is 3.11. The normalized spacial score (nSPS) is 15.0. The summed E-state index contributed by atoms with van der Waals surface area (Å²) in [5.41, 5.74) is 2.22. The van der Waals surface area contributed by atoms with Crippen molar-refractivity contribution in [1.82, 2.24) is 15.1 Å². The summed E-state index contributed by atoms with van der Waals surface area (Å²) in [6.45, 7) is 2.70. The number of nitrogens with zero attached hydrogens (tertiary/aromatic N) is 2. The lowest BCUT2D eigenvalue weighted by Crippen LogP contribution is -2.36. The first-order valence-electron chi connectivity index (χ1n) is 7.86. The second kappa shape index (κ2) is 6.64. The van der Waals surface area contributed by atoms with Gasteiger partial charge in [-0.2, -0.15) is 5.10 Å². The number of carbonyl (C=O) groups is 1. The van der Waals surface area contributed by atoms with E-state index < -0.39 is 0 Å². The van der Waals surface area contributed by atoms with Crippen molar-refractivity contribution in [2.75, 3.05) is 5.32 Å². The lowest BCUT2D eigenvalue weighted by atomic mass is 10.2. The molecule has 0 aliphatic heterocycles. The number of carbonyl (C=O) groups excluding carboxylic acids is 1. The predicted molar refractivity (Wildman–Crippen MR) is 86.9 cm³/mol. The van der Waals surface area contributed by atoms with Crippen LogP contribution in [-0.2, 0) is 6.54 Å². The zero-order chi connectivity index (χ0) is 15.4. The van der Waals surface area contributed by atoms with Crippen LogP contribution >= 0.6 is 0 Å². The second-order valence-electron chi connectivity index (χ2n) is 5.89. The standard InChI is InChI=1S/C17H22N4O/c1-13-11-16(19-17(22)18-15-9-5-6-10-15)20-21(13)12-14-7-3-2-4-8-14/h2-4,7-8,11,15H,5-6,9-10,12H2,1H3,(H2,18,19,20,22). The van der Waals surface area contributed by atoms with Gasteiger partial charge in [0.05, 0.1) is 6.54 Å². The van der Waals surface area contributed by atoms with Gasteiger partial charge in [-0.3, -0.25) is 10.00 Å². The minimum absolute atomic E-state index is 0.156. The highest BCUT2D eigenvalue weighted by Gasteiger charge is 2.17. The Bertz CT molecular complexity index is 629. The van der Waals surface area contributed by atoms with Gasteiger partial charge in [0.25, 0.3) is 0 Å². The van der Waals surface area contributed by atoms with E-state index in [2.05, 4.69) is 27.9 Å². The smallest absolute Gasteiger partial charge is 0.320 e. The molecule has 1 fully saturated rings. The molecule has 0 atom stereocenters. The quantitative estimate of drug-likeness (QED) is 0.910. The summed E-state index contributed by atoms with van der Waals surface area (Å²) in [5, 5.41) is 10.3. The molecule has 3 rings (SSSR count). The Hall–Kier alpha value is -2.30. The van der Waals surface area contributed by atoms with Crippen LogP contribution < -0.4 is 10.6 Å². The summed E-state index contributed by atoms with van der Waals surface area (Å²) in [6.07, 6.45) is 4.56. The van der Waals surface area contributed by atoms with Crippen LogP contribution in [0.3, 0.4) is 0 Å². The fourth-order valence-corrected chi connectivity index (χ4v) is 2.90.